The summed E-state index contributed by atoms with van der Waals surface area (Å²) < 4.78 is 0. The summed E-state index contributed by atoms with van der Waals surface area (Å²) in [6.45, 7) is 14.4. The zero-order valence-corrected chi connectivity index (χ0v) is 23.9. The van der Waals surface area contributed by atoms with E-state index in [0.717, 1.165) is 48.3 Å². The third-order valence-electron chi connectivity index (χ3n) is 9.20. The van der Waals surface area contributed by atoms with Crippen LogP contribution in [0.3, 0.4) is 0 Å². The van der Waals surface area contributed by atoms with E-state index in [9.17, 15) is 5.11 Å². The molecule has 0 aromatic rings. The van der Waals surface area contributed by atoms with E-state index >= 15 is 0 Å². The van der Waals surface area contributed by atoms with E-state index in [2.05, 4.69) is 41.5 Å². The molecule has 1 saturated carbocycles. The Morgan fingerprint density at radius 1 is 0.667 bits per heavy atom. The number of hydrogen-bond donors (Lipinski definition) is 1. The van der Waals surface area contributed by atoms with Crippen molar-refractivity contribution in [3.8, 4) is 0 Å². The predicted octanol–water partition coefficient (Wildman–Crippen LogP) is 10.6. The summed E-state index contributed by atoms with van der Waals surface area (Å²) in [6.07, 6.45) is 25.3. The molecule has 0 saturated heterocycles. The van der Waals surface area contributed by atoms with E-state index in [-0.39, 0.29) is 6.10 Å². The summed E-state index contributed by atoms with van der Waals surface area (Å²) in [4.78, 5) is 0. The summed E-state index contributed by atoms with van der Waals surface area (Å²) in [5.41, 5.74) is 0. The van der Waals surface area contributed by atoms with Crippen LogP contribution in [0, 0.1) is 35.5 Å². The molecule has 5 atom stereocenters. The molecule has 1 heteroatoms. The summed E-state index contributed by atoms with van der Waals surface area (Å²) in [6, 6.07) is 0. The van der Waals surface area contributed by atoms with Crippen LogP contribution in [-0.4, -0.2) is 11.2 Å². The average Bonchev–Trinajstić information content (AvgIpc) is 2.79. The van der Waals surface area contributed by atoms with Gasteiger partial charge in [-0.3, -0.25) is 0 Å². The molecule has 0 spiro atoms. The fourth-order valence-electron chi connectivity index (χ4n) is 6.86. The summed E-state index contributed by atoms with van der Waals surface area (Å²) in [5, 5.41) is 10.7. The standard InChI is InChI=1S/C32H64O/c1-7-10-11-16-27(5)25-29(14-8-2)17-12-19-32(33)20-13-18-30(15-9-3)28(6)31-23-21-26(4)22-24-31/h26-33H,7-25H2,1-6H3. The summed E-state index contributed by atoms with van der Waals surface area (Å²) in [7, 11) is 0. The van der Waals surface area contributed by atoms with E-state index in [1.165, 1.54) is 109 Å². The molecule has 0 aromatic heterocycles. The predicted molar refractivity (Wildman–Crippen MR) is 149 cm³/mol. The first kappa shape index (κ1) is 31.0. The first-order chi connectivity index (χ1) is 15.9. The maximum absolute atomic E-state index is 10.7. The van der Waals surface area contributed by atoms with Gasteiger partial charge in [-0.25, -0.2) is 0 Å². The molecule has 0 bridgehead atoms. The monoisotopic (exact) mass is 464 g/mol. The second-order valence-corrected chi connectivity index (χ2v) is 12.4. The Bertz CT molecular complexity index is 424. The van der Waals surface area contributed by atoms with Gasteiger partial charge in [-0.1, -0.05) is 131 Å². The third-order valence-corrected chi connectivity index (χ3v) is 9.20. The number of aliphatic hydroxyl groups excluding tert-OH is 1. The van der Waals surface area contributed by atoms with E-state index in [1.54, 1.807) is 0 Å². The highest BCUT2D eigenvalue weighted by Crippen LogP contribution is 2.39. The van der Waals surface area contributed by atoms with Gasteiger partial charge in [0.2, 0.25) is 0 Å². The highest BCUT2D eigenvalue weighted by atomic mass is 16.3. The van der Waals surface area contributed by atoms with Gasteiger partial charge in [0.1, 0.15) is 0 Å². The second kappa shape index (κ2) is 19.2. The summed E-state index contributed by atoms with van der Waals surface area (Å²) >= 11 is 0. The number of aliphatic hydroxyl groups is 1. The molecule has 5 unspecified atom stereocenters. The van der Waals surface area contributed by atoms with Crippen LogP contribution in [0.25, 0.3) is 0 Å². The van der Waals surface area contributed by atoms with Gasteiger partial charge in [0.25, 0.3) is 0 Å². The molecule has 1 aliphatic rings. The van der Waals surface area contributed by atoms with E-state index < -0.39 is 0 Å². The minimum atomic E-state index is -0.0673. The fourth-order valence-corrected chi connectivity index (χ4v) is 6.86. The van der Waals surface area contributed by atoms with Crippen LogP contribution in [0.15, 0.2) is 0 Å². The maximum Gasteiger partial charge on any atom is 0.0540 e. The Hall–Kier alpha value is -0.0400. The Labute approximate surface area is 210 Å². The van der Waals surface area contributed by atoms with Gasteiger partial charge in [-0.05, 0) is 67.6 Å². The van der Waals surface area contributed by atoms with Crippen molar-refractivity contribution in [2.45, 2.75) is 170 Å². The Morgan fingerprint density at radius 3 is 1.91 bits per heavy atom. The van der Waals surface area contributed by atoms with Crippen LogP contribution in [0.4, 0.5) is 0 Å². The SMILES string of the molecule is CCCCCC(C)CC(CCC)CCCC(O)CCCC(CCC)C(C)C1CCC(C)CC1. The molecule has 33 heavy (non-hydrogen) atoms. The van der Waals surface area contributed by atoms with Crippen molar-refractivity contribution in [2.24, 2.45) is 35.5 Å². The van der Waals surface area contributed by atoms with E-state index in [0.29, 0.717) is 0 Å². The van der Waals surface area contributed by atoms with E-state index in [4.69, 9.17) is 0 Å². The molecule has 0 aliphatic heterocycles. The highest BCUT2D eigenvalue weighted by molar-refractivity contribution is 4.79. The molecular weight excluding hydrogens is 400 g/mol. The second-order valence-electron chi connectivity index (χ2n) is 12.4. The van der Waals surface area contributed by atoms with Crippen molar-refractivity contribution in [2.75, 3.05) is 0 Å². The van der Waals surface area contributed by atoms with Crippen LogP contribution in [-0.2, 0) is 0 Å². The molecule has 1 aliphatic carbocycles. The van der Waals surface area contributed by atoms with E-state index in [1.807, 2.05) is 0 Å². The van der Waals surface area contributed by atoms with Gasteiger partial charge in [0, 0.05) is 0 Å². The van der Waals surface area contributed by atoms with Crippen molar-refractivity contribution < 1.29 is 5.11 Å². The van der Waals surface area contributed by atoms with Crippen molar-refractivity contribution in [3.63, 3.8) is 0 Å². The first-order valence-electron chi connectivity index (χ1n) is 15.6. The van der Waals surface area contributed by atoms with Crippen molar-refractivity contribution in [1.82, 2.24) is 0 Å². The summed E-state index contributed by atoms with van der Waals surface area (Å²) in [5.74, 6) is 5.43. The van der Waals surface area contributed by atoms with Gasteiger partial charge in [-0.2, -0.15) is 0 Å². The number of unbranched alkanes of at least 4 members (excludes halogenated alkanes) is 2. The lowest BCUT2D eigenvalue weighted by molar-refractivity contribution is 0.128. The average molecular weight is 465 g/mol. The highest BCUT2D eigenvalue weighted by Gasteiger charge is 2.28. The normalized spacial score (nSPS) is 23.7. The lowest BCUT2D eigenvalue weighted by Crippen LogP contribution is -2.25. The molecule has 0 aromatic carbocycles. The first-order valence-corrected chi connectivity index (χ1v) is 15.6. The quantitative estimate of drug-likeness (QED) is 0.178. The molecule has 1 N–H and O–H groups in total. The van der Waals surface area contributed by atoms with Crippen molar-refractivity contribution in [3.05, 3.63) is 0 Å². The molecule has 0 amide bonds. The minimum Gasteiger partial charge on any atom is -0.393 e. The molecule has 198 valence electrons. The molecule has 1 rings (SSSR count). The lowest BCUT2D eigenvalue weighted by Gasteiger charge is -2.35. The van der Waals surface area contributed by atoms with Gasteiger partial charge in [-0.15, -0.1) is 0 Å². The zero-order valence-electron chi connectivity index (χ0n) is 23.9. The Kier molecular flexibility index (Phi) is 18.0. The van der Waals surface area contributed by atoms with Crippen molar-refractivity contribution in [1.29, 1.82) is 0 Å². The topological polar surface area (TPSA) is 20.2 Å². The van der Waals surface area contributed by atoms with Gasteiger partial charge < -0.3 is 5.11 Å². The smallest absolute Gasteiger partial charge is 0.0540 e. The van der Waals surface area contributed by atoms with Gasteiger partial charge >= 0.3 is 0 Å². The third kappa shape index (κ3) is 14.2. The van der Waals surface area contributed by atoms with Gasteiger partial charge in [0.05, 0.1) is 6.10 Å². The number of hydrogen-bond acceptors (Lipinski definition) is 1. The lowest BCUT2D eigenvalue weighted by atomic mass is 9.70. The molecule has 0 radical (unpaired) electrons. The van der Waals surface area contributed by atoms with Crippen LogP contribution < -0.4 is 0 Å². The Morgan fingerprint density at radius 2 is 1.30 bits per heavy atom. The van der Waals surface area contributed by atoms with Crippen LogP contribution >= 0.6 is 0 Å². The molecular formula is C32H64O. The minimum absolute atomic E-state index is 0.0673. The maximum atomic E-state index is 10.7. The van der Waals surface area contributed by atoms with Crippen LogP contribution in [0.1, 0.15) is 164 Å². The largest absolute Gasteiger partial charge is 0.393 e. The number of rotatable bonds is 20. The van der Waals surface area contributed by atoms with Crippen LogP contribution in [0.2, 0.25) is 0 Å². The molecule has 0 heterocycles. The van der Waals surface area contributed by atoms with Gasteiger partial charge in [0.15, 0.2) is 0 Å². The molecule has 1 fully saturated rings. The Balaban J connectivity index is 2.29. The zero-order chi connectivity index (χ0) is 24.5. The fraction of sp³-hybridized carbons (Fsp3) is 1.00. The van der Waals surface area contributed by atoms with Crippen molar-refractivity contribution >= 4 is 0 Å². The van der Waals surface area contributed by atoms with Crippen LogP contribution in [0.5, 0.6) is 0 Å². The molecule has 1 nitrogen and oxygen atoms in total.